The van der Waals surface area contributed by atoms with Crippen molar-refractivity contribution in [3.8, 4) is 11.5 Å². The van der Waals surface area contributed by atoms with E-state index in [9.17, 15) is 0 Å². The summed E-state index contributed by atoms with van der Waals surface area (Å²) in [6.45, 7) is 0. The molecule has 0 aromatic heterocycles. The zero-order chi connectivity index (χ0) is 8.39. The lowest BCUT2D eigenvalue weighted by Gasteiger charge is -1.99. The minimum absolute atomic E-state index is 0.565. The van der Waals surface area contributed by atoms with Crippen molar-refractivity contribution >= 4 is 35.4 Å². The smallest absolute Gasteiger partial charge is 0.283 e. The lowest BCUT2D eigenvalue weighted by atomic mass is 10.4. The van der Waals surface area contributed by atoms with E-state index in [0.717, 1.165) is 22.0 Å². The van der Waals surface area contributed by atoms with E-state index in [0.29, 0.717) is 0 Å². The van der Waals surface area contributed by atoms with Gasteiger partial charge in [-0.15, -0.1) is 0 Å². The molecule has 12 heavy (non-hydrogen) atoms. The summed E-state index contributed by atoms with van der Waals surface area (Å²) in [5, 5.41) is 1.28. The molecular weight excluding hydrogens is 204 g/mol. The summed E-state index contributed by atoms with van der Waals surface area (Å²) in [5.74, 6) is 2.09. The van der Waals surface area contributed by atoms with Crippen molar-refractivity contribution in [2.24, 2.45) is 0 Å². The van der Waals surface area contributed by atoms with Crippen LogP contribution in [0.3, 0.4) is 0 Å². The first-order valence-corrected chi connectivity index (χ1v) is 7.04. The Morgan fingerprint density at radius 1 is 1.42 bits per heavy atom. The number of para-hydroxylation sites is 1. The van der Waals surface area contributed by atoms with Crippen molar-refractivity contribution in [2.75, 3.05) is 0 Å². The van der Waals surface area contributed by atoms with Gasteiger partial charge in [-0.2, -0.15) is 0 Å². The van der Waals surface area contributed by atoms with Crippen LogP contribution in [0.15, 0.2) is 18.2 Å². The van der Waals surface area contributed by atoms with E-state index in [1.54, 1.807) is 0 Å². The minimum atomic E-state index is -0.647. The molecule has 1 aromatic carbocycles. The third-order valence-electron chi connectivity index (χ3n) is 1.69. The first kappa shape index (κ1) is 8.20. The molecule has 0 atom stereocenters. The van der Waals surface area contributed by atoms with Gasteiger partial charge in [-0.1, -0.05) is 12.1 Å². The van der Waals surface area contributed by atoms with Crippen molar-refractivity contribution in [1.29, 1.82) is 0 Å². The predicted molar refractivity (Wildman–Crippen MR) is 55.3 cm³/mol. The van der Waals surface area contributed by atoms with Crippen molar-refractivity contribution in [3.63, 3.8) is 0 Å². The molecule has 1 aliphatic heterocycles. The van der Waals surface area contributed by atoms with Gasteiger partial charge in [0, 0.05) is 5.19 Å². The summed E-state index contributed by atoms with van der Waals surface area (Å²) in [4.78, 5) is 0. The van der Waals surface area contributed by atoms with Crippen LogP contribution in [0.25, 0.3) is 0 Å². The fourth-order valence-electron chi connectivity index (χ4n) is 1.09. The topological polar surface area (TPSA) is 31.0 Å². The molecule has 3 nitrogen and oxygen atoms in total. The Kier molecular flexibility index (Phi) is 2.42. The highest BCUT2D eigenvalue weighted by molar-refractivity contribution is 6.55. The predicted octanol–water partition coefficient (Wildman–Crippen LogP) is -2.19. The largest absolute Gasteiger partial charge is 0.450 e. The summed E-state index contributed by atoms with van der Waals surface area (Å²) < 4.78 is 15.8. The van der Waals surface area contributed by atoms with E-state index >= 15 is 0 Å². The van der Waals surface area contributed by atoms with Crippen LogP contribution < -0.4 is 9.92 Å². The highest BCUT2D eigenvalue weighted by Gasteiger charge is 2.23. The van der Waals surface area contributed by atoms with Gasteiger partial charge in [0.25, 0.3) is 10.0 Å². The van der Waals surface area contributed by atoms with Crippen LogP contribution in [0.2, 0.25) is 0 Å². The molecule has 0 saturated carbocycles. The molecule has 6 heteroatoms. The summed E-state index contributed by atoms with van der Waals surface area (Å²) in [5.41, 5.74) is 0. The third kappa shape index (κ3) is 1.67. The maximum Gasteiger partial charge on any atom is 0.283 e. The fraction of sp³-hybridized carbons (Fsp3) is 0. The van der Waals surface area contributed by atoms with Crippen LogP contribution in [-0.4, -0.2) is 30.3 Å². The van der Waals surface area contributed by atoms with Gasteiger partial charge in [0.2, 0.25) is 0 Å². The van der Waals surface area contributed by atoms with Crippen LogP contribution in [0.1, 0.15) is 0 Å². The third-order valence-corrected chi connectivity index (χ3v) is 4.98. The van der Waals surface area contributed by atoms with Crippen molar-refractivity contribution in [2.45, 2.75) is 0 Å². The van der Waals surface area contributed by atoms with Crippen LogP contribution in [-0.2, 0) is 8.23 Å². The summed E-state index contributed by atoms with van der Waals surface area (Å²) >= 11 is 0. The van der Waals surface area contributed by atoms with Gasteiger partial charge in [-0.05, 0) is 6.07 Å². The van der Waals surface area contributed by atoms with Crippen LogP contribution in [0.4, 0.5) is 0 Å². The standard InChI is InChI=1S/C6H10O3Si3/c10-8-12-9-11-5-3-1-2-4-6(5)7-4/h1-3H,11-12H2,10H3. The number of hydrogen-bond acceptors (Lipinski definition) is 3. The molecule has 0 bridgehead atoms. The lowest BCUT2D eigenvalue weighted by Crippen LogP contribution is -2.18. The molecule has 1 aliphatic rings. The molecule has 0 fully saturated rings. The molecule has 1 aromatic rings. The average Bonchev–Trinajstić information content (AvgIpc) is 2.84. The number of rotatable bonds is 4. The fourth-order valence-corrected chi connectivity index (χ4v) is 5.08. The first-order valence-electron chi connectivity index (χ1n) is 3.78. The lowest BCUT2D eigenvalue weighted by molar-refractivity contribution is 0.507. The molecule has 0 N–H and O–H groups in total. The Morgan fingerprint density at radius 3 is 3.17 bits per heavy atom. The van der Waals surface area contributed by atoms with Gasteiger partial charge >= 0.3 is 0 Å². The molecule has 0 saturated heterocycles. The van der Waals surface area contributed by atoms with E-state index in [1.165, 1.54) is 5.19 Å². The number of fused-ring (bicyclic) bond motifs is 1. The Bertz CT molecular complexity index is 291. The first-order chi connectivity index (χ1) is 5.92. The van der Waals surface area contributed by atoms with Crippen molar-refractivity contribution in [1.82, 2.24) is 0 Å². The van der Waals surface area contributed by atoms with E-state index in [2.05, 4.69) is 6.07 Å². The van der Waals surface area contributed by atoms with Gasteiger partial charge in [-0.3, -0.25) is 0 Å². The number of benzene rings is 1. The summed E-state index contributed by atoms with van der Waals surface area (Å²) in [7, 11) is -0.408. The molecule has 1 heterocycles. The Labute approximate surface area is 78.6 Å². The number of ether oxygens (including phenoxy) is 1. The second kappa shape index (κ2) is 3.54. The van der Waals surface area contributed by atoms with Crippen LogP contribution in [0.5, 0.6) is 11.5 Å². The zero-order valence-corrected chi connectivity index (χ0v) is 11.7. The minimum Gasteiger partial charge on any atom is -0.450 e. The van der Waals surface area contributed by atoms with E-state index in [1.807, 2.05) is 12.1 Å². The van der Waals surface area contributed by atoms with Gasteiger partial charge in [0.1, 0.15) is 10.5 Å². The molecule has 64 valence electrons. The average molecular weight is 214 g/mol. The monoisotopic (exact) mass is 214 g/mol. The second-order valence-corrected chi connectivity index (χ2v) is 7.83. The number of hydrogen-bond donors (Lipinski definition) is 0. The van der Waals surface area contributed by atoms with Crippen molar-refractivity contribution < 1.29 is 13.0 Å². The molecule has 0 spiro atoms. The Morgan fingerprint density at radius 2 is 2.33 bits per heavy atom. The molecule has 0 unspecified atom stereocenters. The van der Waals surface area contributed by atoms with E-state index in [4.69, 9.17) is 13.0 Å². The highest BCUT2D eigenvalue weighted by Crippen LogP contribution is 2.42. The van der Waals surface area contributed by atoms with Gasteiger partial charge in [0.05, 0.1) is 0 Å². The molecule has 2 rings (SSSR count). The second-order valence-electron chi connectivity index (χ2n) is 2.60. The Hall–Kier alpha value is -0.409. The highest BCUT2D eigenvalue weighted by atomic mass is 28.3. The van der Waals surface area contributed by atoms with E-state index < -0.39 is 19.8 Å². The maximum atomic E-state index is 5.49. The van der Waals surface area contributed by atoms with Gasteiger partial charge < -0.3 is 13.0 Å². The zero-order valence-electron chi connectivity index (χ0n) is 6.87. The summed E-state index contributed by atoms with van der Waals surface area (Å²) in [6, 6.07) is 6.08. The van der Waals surface area contributed by atoms with Gasteiger partial charge in [-0.25, -0.2) is 0 Å². The molecular formula is C6H10O3Si3. The van der Waals surface area contributed by atoms with Crippen molar-refractivity contribution in [3.05, 3.63) is 18.2 Å². The van der Waals surface area contributed by atoms with E-state index in [-0.39, 0.29) is 0 Å². The van der Waals surface area contributed by atoms with Gasteiger partial charge in [0.15, 0.2) is 21.3 Å². The van der Waals surface area contributed by atoms with Crippen LogP contribution >= 0.6 is 0 Å². The SMILES string of the molecule is [SiH3]O[SiH2]O[SiH2]c1cccc2c1O2. The normalized spacial score (nSPS) is 14.3. The quantitative estimate of drug-likeness (QED) is 0.329. The Balaban J connectivity index is 1.93. The van der Waals surface area contributed by atoms with Crippen LogP contribution in [0, 0.1) is 0 Å². The molecule has 0 radical (unpaired) electrons. The maximum absolute atomic E-state index is 5.49. The summed E-state index contributed by atoms with van der Waals surface area (Å²) in [6.07, 6.45) is 0. The molecule has 0 amide bonds. The molecule has 0 aliphatic carbocycles.